The molecule has 28 heavy (non-hydrogen) atoms. The Balaban J connectivity index is 1.80. The Morgan fingerprint density at radius 1 is 0.964 bits per heavy atom. The number of carbonyl (C=O) groups excluding carboxylic acids is 1. The molecule has 6 heteroatoms. The summed E-state index contributed by atoms with van der Waals surface area (Å²) in [5, 5.41) is 9.34. The molecule has 2 aromatic rings. The highest BCUT2D eigenvalue weighted by molar-refractivity contribution is 5.81. The second kappa shape index (κ2) is 12.4. The Kier molecular flexibility index (Phi) is 9.41. The molecule has 0 aliphatic rings. The van der Waals surface area contributed by atoms with Crippen LogP contribution in [0.4, 0.5) is 0 Å². The average Bonchev–Trinajstić information content (AvgIpc) is 2.72. The smallest absolute Gasteiger partial charge is 0.222 e. The van der Waals surface area contributed by atoms with Crippen molar-refractivity contribution in [3.63, 3.8) is 0 Å². The van der Waals surface area contributed by atoms with E-state index in [-0.39, 0.29) is 5.91 Å². The summed E-state index contributed by atoms with van der Waals surface area (Å²) in [6, 6.07) is 17.8. The van der Waals surface area contributed by atoms with Gasteiger partial charge >= 0.3 is 0 Å². The summed E-state index contributed by atoms with van der Waals surface area (Å²) in [6.45, 7) is 6.91. The SMILES string of the molecule is CCNC(=NCc1ccccc1OCC)NCCC(=O)NCc1ccccc1. The molecule has 2 aromatic carbocycles. The molecule has 0 aromatic heterocycles. The highest BCUT2D eigenvalue weighted by atomic mass is 16.5. The maximum atomic E-state index is 12.0. The largest absolute Gasteiger partial charge is 0.494 e. The molecule has 0 atom stereocenters. The van der Waals surface area contributed by atoms with E-state index in [2.05, 4.69) is 20.9 Å². The molecule has 0 spiro atoms. The van der Waals surface area contributed by atoms with Crippen LogP contribution in [0.5, 0.6) is 5.75 Å². The number of nitrogens with zero attached hydrogens (tertiary/aromatic N) is 1. The number of hydrogen-bond acceptors (Lipinski definition) is 3. The maximum Gasteiger partial charge on any atom is 0.222 e. The number of guanidine groups is 1. The van der Waals surface area contributed by atoms with E-state index in [1.807, 2.05) is 68.4 Å². The standard InChI is InChI=1S/C22H30N4O2/c1-3-23-22(26-17-19-12-8-9-13-20(19)28-4-2)24-15-14-21(27)25-16-18-10-6-5-7-11-18/h5-13H,3-4,14-17H2,1-2H3,(H,25,27)(H2,23,24,26). The molecule has 0 unspecified atom stereocenters. The van der Waals surface area contributed by atoms with Gasteiger partial charge in [-0.15, -0.1) is 0 Å². The van der Waals surface area contributed by atoms with Gasteiger partial charge in [-0.05, 0) is 25.5 Å². The van der Waals surface area contributed by atoms with E-state index in [1.165, 1.54) is 0 Å². The van der Waals surface area contributed by atoms with Crippen LogP contribution in [-0.2, 0) is 17.9 Å². The molecule has 0 aliphatic heterocycles. The fourth-order valence-corrected chi connectivity index (χ4v) is 2.62. The number of ether oxygens (including phenoxy) is 1. The van der Waals surface area contributed by atoms with E-state index in [9.17, 15) is 4.79 Å². The minimum absolute atomic E-state index is 0.00823. The van der Waals surface area contributed by atoms with Gasteiger partial charge in [-0.2, -0.15) is 0 Å². The van der Waals surface area contributed by atoms with E-state index in [1.54, 1.807) is 0 Å². The number of aliphatic imine (C=N–C) groups is 1. The molecule has 150 valence electrons. The number of rotatable bonds is 10. The molecule has 3 N–H and O–H groups in total. The van der Waals surface area contributed by atoms with E-state index in [0.29, 0.717) is 38.6 Å². The maximum absolute atomic E-state index is 12.0. The monoisotopic (exact) mass is 382 g/mol. The number of amides is 1. The normalized spacial score (nSPS) is 11.0. The van der Waals surface area contributed by atoms with Crippen molar-refractivity contribution in [2.24, 2.45) is 4.99 Å². The third-order valence-electron chi connectivity index (χ3n) is 4.00. The Labute approximate surface area is 167 Å². The Morgan fingerprint density at radius 2 is 1.71 bits per heavy atom. The number of para-hydroxylation sites is 1. The van der Waals surface area contributed by atoms with Gasteiger partial charge in [-0.1, -0.05) is 48.5 Å². The second-order valence-electron chi connectivity index (χ2n) is 6.18. The zero-order chi connectivity index (χ0) is 20.0. The number of nitrogens with one attached hydrogen (secondary N) is 3. The fraction of sp³-hybridized carbons (Fsp3) is 0.364. The highest BCUT2D eigenvalue weighted by Crippen LogP contribution is 2.18. The summed E-state index contributed by atoms with van der Waals surface area (Å²) in [6.07, 6.45) is 0.382. The Bertz CT molecular complexity index is 747. The molecule has 2 rings (SSSR count). The number of carbonyl (C=O) groups is 1. The van der Waals surface area contributed by atoms with Crippen LogP contribution in [-0.4, -0.2) is 31.6 Å². The quantitative estimate of drug-likeness (QED) is 0.436. The third kappa shape index (κ3) is 7.70. The predicted molar refractivity (Wildman–Crippen MR) is 113 cm³/mol. The molecule has 1 amide bonds. The van der Waals surface area contributed by atoms with Crippen molar-refractivity contribution in [2.75, 3.05) is 19.7 Å². The first kappa shape index (κ1) is 21.3. The number of benzene rings is 2. The minimum atomic E-state index is 0.00823. The first-order valence-corrected chi connectivity index (χ1v) is 9.76. The van der Waals surface area contributed by atoms with Crippen LogP contribution in [0, 0.1) is 0 Å². The van der Waals surface area contributed by atoms with Crippen molar-refractivity contribution in [1.82, 2.24) is 16.0 Å². The van der Waals surface area contributed by atoms with Gasteiger partial charge in [0, 0.05) is 31.6 Å². The van der Waals surface area contributed by atoms with E-state index in [0.717, 1.165) is 23.4 Å². The Morgan fingerprint density at radius 3 is 2.46 bits per heavy atom. The van der Waals surface area contributed by atoms with E-state index < -0.39 is 0 Å². The zero-order valence-electron chi connectivity index (χ0n) is 16.7. The molecular formula is C22H30N4O2. The lowest BCUT2D eigenvalue weighted by molar-refractivity contribution is -0.121. The minimum Gasteiger partial charge on any atom is -0.494 e. The van der Waals surface area contributed by atoms with E-state index >= 15 is 0 Å². The molecule has 0 heterocycles. The predicted octanol–water partition coefficient (Wildman–Crippen LogP) is 2.85. The van der Waals surface area contributed by atoms with Crippen LogP contribution in [0.3, 0.4) is 0 Å². The van der Waals surface area contributed by atoms with Gasteiger partial charge in [0.05, 0.1) is 13.2 Å². The molecule has 0 aliphatic carbocycles. The molecule has 6 nitrogen and oxygen atoms in total. The van der Waals surface area contributed by atoms with Crippen LogP contribution in [0.15, 0.2) is 59.6 Å². The van der Waals surface area contributed by atoms with Crippen molar-refractivity contribution in [2.45, 2.75) is 33.4 Å². The second-order valence-corrected chi connectivity index (χ2v) is 6.18. The van der Waals surface area contributed by atoms with Crippen LogP contribution >= 0.6 is 0 Å². The summed E-state index contributed by atoms with van der Waals surface area (Å²) >= 11 is 0. The summed E-state index contributed by atoms with van der Waals surface area (Å²) in [7, 11) is 0. The lowest BCUT2D eigenvalue weighted by Crippen LogP contribution is -2.39. The van der Waals surface area contributed by atoms with Crippen LogP contribution in [0.2, 0.25) is 0 Å². The van der Waals surface area contributed by atoms with Crippen molar-refractivity contribution in [1.29, 1.82) is 0 Å². The first-order valence-electron chi connectivity index (χ1n) is 9.76. The zero-order valence-corrected chi connectivity index (χ0v) is 16.7. The van der Waals surface area contributed by atoms with Crippen molar-refractivity contribution < 1.29 is 9.53 Å². The summed E-state index contributed by atoms with van der Waals surface area (Å²) in [4.78, 5) is 16.6. The summed E-state index contributed by atoms with van der Waals surface area (Å²) < 4.78 is 5.64. The van der Waals surface area contributed by atoms with Crippen LogP contribution in [0.25, 0.3) is 0 Å². The number of hydrogen-bond donors (Lipinski definition) is 3. The van der Waals surface area contributed by atoms with Gasteiger partial charge in [-0.3, -0.25) is 4.79 Å². The third-order valence-corrected chi connectivity index (χ3v) is 4.00. The van der Waals surface area contributed by atoms with Gasteiger partial charge in [-0.25, -0.2) is 4.99 Å². The van der Waals surface area contributed by atoms with Crippen LogP contribution < -0.4 is 20.7 Å². The lowest BCUT2D eigenvalue weighted by Gasteiger charge is -2.12. The lowest BCUT2D eigenvalue weighted by atomic mass is 10.2. The van der Waals surface area contributed by atoms with Gasteiger partial charge < -0.3 is 20.7 Å². The van der Waals surface area contributed by atoms with Gasteiger partial charge in [0.2, 0.25) is 5.91 Å². The molecule has 0 saturated carbocycles. The molecule has 0 radical (unpaired) electrons. The van der Waals surface area contributed by atoms with E-state index in [4.69, 9.17) is 4.74 Å². The van der Waals surface area contributed by atoms with Gasteiger partial charge in [0.25, 0.3) is 0 Å². The Hall–Kier alpha value is -3.02. The fourth-order valence-electron chi connectivity index (χ4n) is 2.62. The first-order chi connectivity index (χ1) is 13.7. The molecule has 0 fully saturated rings. The van der Waals surface area contributed by atoms with Crippen molar-refractivity contribution in [3.8, 4) is 5.75 Å². The topological polar surface area (TPSA) is 74.8 Å². The van der Waals surface area contributed by atoms with Crippen molar-refractivity contribution in [3.05, 3.63) is 65.7 Å². The van der Waals surface area contributed by atoms with Crippen molar-refractivity contribution >= 4 is 11.9 Å². The summed E-state index contributed by atoms with van der Waals surface area (Å²) in [5.74, 6) is 1.54. The van der Waals surface area contributed by atoms with Gasteiger partial charge in [0.1, 0.15) is 5.75 Å². The summed E-state index contributed by atoms with van der Waals surface area (Å²) in [5.41, 5.74) is 2.12. The average molecular weight is 383 g/mol. The highest BCUT2D eigenvalue weighted by Gasteiger charge is 2.05. The molecular weight excluding hydrogens is 352 g/mol. The molecule has 0 bridgehead atoms. The molecule has 0 saturated heterocycles. The van der Waals surface area contributed by atoms with Gasteiger partial charge in [0.15, 0.2) is 5.96 Å². The van der Waals surface area contributed by atoms with Crippen LogP contribution in [0.1, 0.15) is 31.4 Å².